The molecule has 1 aliphatic rings. The number of methoxy groups -OCH3 is 1. The van der Waals surface area contributed by atoms with Crippen molar-refractivity contribution in [1.29, 1.82) is 0 Å². The van der Waals surface area contributed by atoms with E-state index < -0.39 is 0 Å². The van der Waals surface area contributed by atoms with Gasteiger partial charge in [-0.2, -0.15) is 0 Å². The Morgan fingerprint density at radius 3 is 2.81 bits per heavy atom. The Kier molecular flexibility index (Phi) is 3.57. The second-order valence-corrected chi connectivity index (χ2v) is 3.97. The Balaban J connectivity index is 2.20. The van der Waals surface area contributed by atoms with Gasteiger partial charge in [0, 0.05) is 6.61 Å². The largest absolute Gasteiger partial charge is 0.469 e. The van der Waals surface area contributed by atoms with E-state index in [0.717, 1.165) is 18.4 Å². The van der Waals surface area contributed by atoms with Crippen LogP contribution in [0.25, 0.3) is 0 Å². The molecule has 16 heavy (non-hydrogen) atoms. The van der Waals surface area contributed by atoms with Crippen molar-refractivity contribution in [3.05, 3.63) is 35.9 Å². The number of hydrogen-bond acceptors (Lipinski definition) is 3. The van der Waals surface area contributed by atoms with Crippen LogP contribution in [0.1, 0.15) is 24.5 Å². The number of hydrogen-bond donors (Lipinski definition) is 0. The molecule has 1 fully saturated rings. The maximum absolute atomic E-state index is 11.6. The lowest BCUT2D eigenvalue weighted by atomic mass is 9.89. The van der Waals surface area contributed by atoms with E-state index in [2.05, 4.69) is 0 Å². The van der Waals surface area contributed by atoms with Gasteiger partial charge in [-0.05, 0) is 18.4 Å². The smallest absolute Gasteiger partial charge is 0.311 e. The SMILES string of the molecule is COC(=O)C1CCCOC1c1ccccc1. The lowest BCUT2D eigenvalue weighted by Gasteiger charge is -2.30. The molecule has 0 bridgehead atoms. The second kappa shape index (κ2) is 5.12. The van der Waals surface area contributed by atoms with Crippen molar-refractivity contribution < 1.29 is 14.3 Å². The van der Waals surface area contributed by atoms with Crippen molar-refractivity contribution in [1.82, 2.24) is 0 Å². The van der Waals surface area contributed by atoms with Crippen LogP contribution in [-0.2, 0) is 14.3 Å². The molecule has 1 saturated heterocycles. The lowest BCUT2D eigenvalue weighted by molar-refractivity contribution is -0.155. The monoisotopic (exact) mass is 220 g/mol. The van der Waals surface area contributed by atoms with Gasteiger partial charge in [-0.1, -0.05) is 30.3 Å². The van der Waals surface area contributed by atoms with Gasteiger partial charge in [0.1, 0.15) is 0 Å². The fraction of sp³-hybridized carbons (Fsp3) is 0.462. The highest BCUT2D eigenvalue weighted by Crippen LogP contribution is 2.34. The van der Waals surface area contributed by atoms with E-state index in [9.17, 15) is 4.79 Å². The van der Waals surface area contributed by atoms with Crippen LogP contribution in [0.5, 0.6) is 0 Å². The van der Waals surface area contributed by atoms with Gasteiger partial charge in [0.05, 0.1) is 19.1 Å². The average molecular weight is 220 g/mol. The Hall–Kier alpha value is -1.35. The summed E-state index contributed by atoms with van der Waals surface area (Å²) in [6.07, 6.45) is 1.61. The van der Waals surface area contributed by atoms with Crippen molar-refractivity contribution in [3.8, 4) is 0 Å². The Morgan fingerprint density at radius 1 is 1.38 bits per heavy atom. The molecular formula is C13H16O3. The van der Waals surface area contributed by atoms with E-state index in [0.29, 0.717) is 6.61 Å². The first-order chi connectivity index (χ1) is 7.83. The predicted molar refractivity (Wildman–Crippen MR) is 59.9 cm³/mol. The minimum atomic E-state index is -0.173. The normalized spacial score (nSPS) is 25.1. The summed E-state index contributed by atoms with van der Waals surface area (Å²) in [5.74, 6) is -0.338. The van der Waals surface area contributed by atoms with Gasteiger partial charge < -0.3 is 9.47 Å². The van der Waals surface area contributed by atoms with E-state index in [1.807, 2.05) is 30.3 Å². The second-order valence-electron chi connectivity index (χ2n) is 3.97. The summed E-state index contributed by atoms with van der Waals surface area (Å²) in [5, 5.41) is 0. The van der Waals surface area contributed by atoms with Crippen molar-refractivity contribution >= 4 is 5.97 Å². The molecule has 1 aliphatic heterocycles. The molecule has 0 N–H and O–H groups in total. The zero-order valence-electron chi connectivity index (χ0n) is 9.39. The standard InChI is InChI=1S/C13H16O3/c1-15-13(14)11-8-5-9-16-12(11)10-6-3-2-4-7-10/h2-4,6-7,11-12H,5,8-9H2,1H3. The minimum absolute atomic E-state index is 0.151. The van der Waals surface area contributed by atoms with E-state index in [1.165, 1.54) is 7.11 Å². The van der Waals surface area contributed by atoms with E-state index in [1.54, 1.807) is 0 Å². The topological polar surface area (TPSA) is 35.5 Å². The molecule has 1 aromatic rings. The van der Waals surface area contributed by atoms with Crippen molar-refractivity contribution in [3.63, 3.8) is 0 Å². The van der Waals surface area contributed by atoms with Gasteiger partial charge in [-0.15, -0.1) is 0 Å². The maximum Gasteiger partial charge on any atom is 0.311 e. The zero-order chi connectivity index (χ0) is 11.4. The molecule has 0 aromatic heterocycles. The van der Waals surface area contributed by atoms with Crippen LogP contribution in [0.3, 0.4) is 0 Å². The highest BCUT2D eigenvalue weighted by Gasteiger charge is 2.33. The maximum atomic E-state index is 11.6. The lowest BCUT2D eigenvalue weighted by Crippen LogP contribution is -2.29. The van der Waals surface area contributed by atoms with Gasteiger partial charge in [-0.3, -0.25) is 4.79 Å². The fourth-order valence-corrected chi connectivity index (χ4v) is 2.15. The van der Waals surface area contributed by atoms with E-state index >= 15 is 0 Å². The Morgan fingerprint density at radius 2 is 2.12 bits per heavy atom. The average Bonchev–Trinajstić information content (AvgIpc) is 2.39. The molecule has 2 rings (SSSR count). The van der Waals surface area contributed by atoms with Crippen LogP contribution >= 0.6 is 0 Å². The summed E-state index contributed by atoms with van der Waals surface area (Å²) < 4.78 is 10.5. The van der Waals surface area contributed by atoms with Crippen LogP contribution < -0.4 is 0 Å². The quantitative estimate of drug-likeness (QED) is 0.717. The van der Waals surface area contributed by atoms with Gasteiger partial charge in [0.15, 0.2) is 0 Å². The van der Waals surface area contributed by atoms with Crippen molar-refractivity contribution in [2.24, 2.45) is 5.92 Å². The van der Waals surface area contributed by atoms with Crippen LogP contribution in [-0.4, -0.2) is 19.7 Å². The third kappa shape index (κ3) is 2.25. The van der Waals surface area contributed by atoms with Crippen LogP contribution in [0, 0.1) is 5.92 Å². The molecule has 86 valence electrons. The Labute approximate surface area is 95.4 Å². The molecule has 2 unspecified atom stereocenters. The number of benzene rings is 1. The zero-order valence-corrected chi connectivity index (χ0v) is 9.39. The molecule has 1 heterocycles. The molecule has 0 saturated carbocycles. The highest BCUT2D eigenvalue weighted by molar-refractivity contribution is 5.73. The number of carbonyl (C=O) groups excluding carboxylic acids is 1. The first-order valence-electron chi connectivity index (χ1n) is 5.57. The summed E-state index contributed by atoms with van der Waals surface area (Å²) >= 11 is 0. The molecule has 1 aromatic carbocycles. The van der Waals surface area contributed by atoms with Gasteiger partial charge in [0.25, 0.3) is 0 Å². The molecule has 0 radical (unpaired) electrons. The van der Waals surface area contributed by atoms with Gasteiger partial charge in [-0.25, -0.2) is 0 Å². The van der Waals surface area contributed by atoms with E-state index in [4.69, 9.17) is 9.47 Å². The van der Waals surface area contributed by atoms with E-state index in [-0.39, 0.29) is 18.0 Å². The summed E-state index contributed by atoms with van der Waals surface area (Å²) in [5.41, 5.74) is 1.05. The van der Waals surface area contributed by atoms with Crippen molar-refractivity contribution in [2.75, 3.05) is 13.7 Å². The summed E-state index contributed by atoms with van der Waals surface area (Å²) in [7, 11) is 1.43. The number of esters is 1. The number of rotatable bonds is 2. The number of ether oxygens (including phenoxy) is 2. The predicted octanol–water partition coefficient (Wildman–Crippen LogP) is 2.33. The summed E-state index contributed by atoms with van der Waals surface area (Å²) in [6.45, 7) is 0.715. The molecular weight excluding hydrogens is 204 g/mol. The number of carbonyl (C=O) groups is 1. The summed E-state index contributed by atoms with van der Waals surface area (Å²) in [6, 6.07) is 9.86. The van der Waals surface area contributed by atoms with Crippen LogP contribution in [0.4, 0.5) is 0 Å². The molecule has 3 nitrogen and oxygen atoms in total. The van der Waals surface area contributed by atoms with Crippen LogP contribution in [0.15, 0.2) is 30.3 Å². The highest BCUT2D eigenvalue weighted by atomic mass is 16.5. The molecule has 2 atom stereocenters. The van der Waals surface area contributed by atoms with Crippen LogP contribution in [0.2, 0.25) is 0 Å². The first-order valence-corrected chi connectivity index (χ1v) is 5.57. The molecule has 0 amide bonds. The van der Waals surface area contributed by atoms with Gasteiger partial charge in [0.2, 0.25) is 0 Å². The Bertz CT molecular complexity index is 347. The molecule has 0 aliphatic carbocycles. The molecule has 3 heteroatoms. The van der Waals surface area contributed by atoms with Gasteiger partial charge >= 0.3 is 5.97 Å². The fourth-order valence-electron chi connectivity index (χ4n) is 2.15. The third-order valence-electron chi connectivity index (χ3n) is 2.95. The third-order valence-corrected chi connectivity index (χ3v) is 2.95. The summed E-state index contributed by atoms with van der Waals surface area (Å²) in [4.78, 5) is 11.6. The van der Waals surface area contributed by atoms with Crippen molar-refractivity contribution in [2.45, 2.75) is 18.9 Å². The first kappa shape index (κ1) is 11.1. The molecule has 0 spiro atoms. The minimum Gasteiger partial charge on any atom is -0.469 e.